The minimum atomic E-state index is -1.80. The molecule has 27 heavy (non-hydrogen) atoms. The lowest BCUT2D eigenvalue weighted by Crippen LogP contribution is -2.63. The Morgan fingerprint density at radius 2 is 1.96 bits per heavy atom. The summed E-state index contributed by atoms with van der Waals surface area (Å²) in [5.41, 5.74) is -3.39. The van der Waals surface area contributed by atoms with Gasteiger partial charge in [-0.1, -0.05) is 6.07 Å². The SMILES string of the molecule is CC(C)(C)OC(=O)[C@H](O)[C@@]1(C)OCCN(c2cccc(C(C)(C)O)n2)C1=O. The van der Waals surface area contributed by atoms with Crippen molar-refractivity contribution in [2.75, 3.05) is 18.1 Å². The van der Waals surface area contributed by atoms with E-state index in [2.05, 4.69) is 4.98 Å². The van der Waals surface area contributed by atoms with E-state index in [-0.39, 0.29) is 13.2 Å². The van der Waals surface area contributed by atoms with Crippen molar-refractivity contribution in [1.29, 1.82) is 0 Å². The third-order valence-electron chi connectivity index (χ3n) is 4.18. The molecule has 2 atom stereocenters. The maximum atomic E-state index is 13.1. The smallest absolute Gasteiger partial charge is 0.339 e. The lowest BCUT2D eigenvalue weighted by Gasteiger charge is -2.41. The fraction of sp³-hybridized carbons (Fsp3) is 0.632. The third kappa shape index (κ3) is 4.63. The Hall–Kier alpha value is -2.03. The van der Waals surface area contributed by atoms with E-state index in [1.54, 1.807) is 52.8 Å². The van der Waals surface area contributed by atoms with Crippen LogP contribution in [0.4, 0.5) is 5.82 Å². The monoisotopic (exact) mass is 380 g/mol. The van der Waals surface area contributed by atoms with Gasteiger partial charge in [-0.2, -0.15) is 0 Å². The average molecular weight is 380 g/mol. The molecule has 8 nitrogen and oxygen atoms in total. The van der Waals surface area contributed by atoms with E-state index < -0.39 is 34.8 Å². The number of pyridine rings is 1. The van der Waals surface area contributed by atoms with Crippen LogP contribution < -0.4 is 4.90 Å². The number of carbonyl (C=O) groups is 2. The molecule has 1 aromatic heterocycles. The average Bonchev–Trinajstić information content (AvgIpc) is 2.54. The molecule has 0 aromatic carbocycles. The summed E-state index contributed by atoms with van der Waals surface area (Å²) in [6, 6.07) is 4.96. The molecule has 0 unspecified atom stereocenters. The number of esters is 1. The number of aliphatic hydroxyl groups excluding tert-OH is 1. The molecule has 1 aliphatic heterocycles. The summed E-state index contributed by atoms with van der Waals surface area (Å²) < 4.78 is 10.7. The van der Waals surface area contributed by atoms with Gasteiger partial charge >= 0.3 is 5.97 Å². The number of carbonyl (C=O) groups excluding carboxylic acids is 2. The van der Waals surface area contributed by atoms with Gasteiger partial charge in [0.1, 0.15) is 17.0 Å². The van der Waals surface area contributed by atoms with E-state index >= 15 is 0 Å². The zero-order chi connectivity index (χ0) is 20.6. The van der Waals surface area contributed by atoms with Crippen LogP contribution in [0.25, 0.3) is 0 Å². The summed E-state index contributed by atoms with van der Waals surface area (Å²) in [5, 5.41) is 20.6. The van der Waals surface area contributed by atoms with Crippen molar-refractivity contribution in [1.82, 2.24) is 4.98 Å². The second-order valence-corrected chi connectivity index (χ2v) is 8.29. The number of hydrogen-bond acceptors (Lipinski definition) is 7. The second kappa shape index (κ2) is 7.18. The van der Waals surface area contributed by atoms with Gasteiger partial charge < -0.3 is 19.7 Å². The van der Waals surface area contributed by atoms with Gasteiger partial charge in [-0.15, -0.1) is 0 Å². The highest BCUT2D eigenvalue weighted by molar-refractivity contribution is 6.02. The topological polar surface area (TPSA) is 109 Å². The summed E-state index contributed by atoms with van der Waals surface area (Å²) in [6.45, 7) is 9.86. The van der Waals surface area contributed by atoms with Crippen LogP contribution in [-0.4, -0.2) is 57.5 Å². The molecule has 0 radical (unpaired) electrons. The number of hydrogen-bond donors (Lipinski definition) is 2. The van der Waals surface area contributed by atoms with E-state index in [1.807, 2.05) is 0 Å². The molecule has 0 saturated carbocycles. The Balaban J connectivity index is 2.31. The van der Waals surface area contributed by atoms with Crippen LogP contribution in [0.1, 0.15) is 47.2 Å². The number of aromatic nitrogens is 1. The number of rotatable bonds is 4. The standard InChI is InChI=1S/C19H28N2O6/c1-17(2,3)27-15(23)14(22)19(6)16(24)21(10-11-26-19)13-9-7-8-12(20-13)18(4,5)25/h7-9,14,22,25H,10-11H2,1-6H3/t14-,19+/m0/s1. The van der Waals surface area contributed by atoms with Crippen LogP contribution >= 0.6 is 0 Å². The van der Waals surface area contributed by atoms with Crippen molar-refractivity contribution in [2.24, 2.45) is 0 Å². The fourth-order valence-corrected chi connectivity index (χ4v) is 2.69. The Morgan fingerprint density at radius 3 is 2.52 bits per heavy atom. The molecule has 1 fully saturated rings. The van der Waals surface area contributed by atoms with Gasteiger partial charge in [-0.25, -0.2) is 9.78 Å². The Bertz CT molecular complexity index is 722. The molecule has 1 amide bonds. The number of ether oxygens (including phenoxy) is 2. The lowest BCUT2D eigenvalue weighted by molar-refractivity contribution is -0.191. The van der Waals surface area contributed by atoms with Gasteiger partial charge in [0.15, 0.2) is 11.7 Å². The van der Waals surface area contributed by atoms with Crippen LogP contribution in [-0.2, 0) is 24.7 Å². The summed E-state index contributed by atoms with van der Waals surface area (Å²) in [7, 11) is 0. The predicted octanol–water partition coefficient (Wildman–Crippen LogP) is 1.13. The number of nitrogens with zero attached hydrogens (tertiary/aromatic N) is 2. The molecular weight excluding hydrogens is 352 g/mol. The number of morpholine rings is 1. The van der Waals surface area contributed by atoms with Crippen molar-refractivity contribution in [3.05, 3.63) is 23.9 Å². The van der Waals surface area contributed by atoms with Crippen LogP contribution in [0.2, 0.25) is 0 Å². The van der Waals surface area contributed by atoms with Crippen LogP contribution in [0, 0.1) is 0 Å². The van der Waals surface area contributed by atoms with Crippen molar-refractivity contribution in [2.45, 2.75) is 64.4 Å². The van der Waals surface area contributed by atoms with Crippen molar-refractivity contribution in [3.63, 3.8) is 0 Å². The van der Waals surface area contributed by atoms with E-state index in [9.17, 15) is 19.8 Å². The van der Waals surface area contributed by atoms with Gasteiger partial charge in [0.2, 0.25) is 0 Å². The molecule has 2 heterocycles. The zero-order valence-corrected chi connectivity index (χ0v) is 16.6. The fourth-order valence-electron chi connectivity index (χ4n) is 2.69. The maximum absolute atomic E-state index is 13.1. The van der Waals surface area contributed by atoms with Gasteiger partial charge in [-0.05, 0) is 53.7 Å². The minimum absolute atomic E-state index is 0.108. The van der Waals surface area contributed by atoms with E-state index in [0.29, 0.717) is 11.5 Å². The lowest BCUT2D eigenvalue weighted by atomic mass is 9.95. The summed E-state index contributed by atoms with van der Waals surface area (Å²) >= 11 is 0. The number of amides is 1. The Morgan fingerprint density at radius 1 is 1.33 bits per heavy atom. The molecule has 0 spiro atoms. The molecule has 1 saturated heterocycles. The summed E-state index contributed by atoms with van der Waals surface area (Å²) in [4.78, 5) is 31.0. The van der Waals surface area contributed by atoms with Crippen LogP contribution in [0.15, 0.2) is 18.2 Å². The Kier molecular flexibility index (Phi) is 5.66. The quantitative estimate of drug-likeness (QED) is 0.754. The number of aliphatic hydroxyl groups is 2. The normalized spacial score (nSPS) is 22.5. The largest absolute Gasteiger partial charge is 0.458 e. The minimum Gasteiger partial charge on any atom is -0.458 e. The van der Waals surface area contributed by atoms with Crippen LogP contribution in [0.3, 0.4) is 0 Å². The van der Waals surface area contributed by atoms with Crippen LogP contribution in [0.5, 0.6) is 0 Å². The zero-order valence-electron chi connectivity index (χ0n) is 16.6. The van der Waals surface area contributed by atoms with Gasteiger partial charge in [-0.3, -0.25) is 9.69 Å². The molecule has 8 heteroatoms. The van der Waals surface area contributed by atoms with Crippen molar-refractivity contribution < 1.29 is 29.3 Å². The molecule has 1 aromatic rings. The Labute approximate surface area is 159 Å². The molecule has 2 rings (SSSR count). The highest BCUT2D eigenvalue weighted by atomic mass is 16.6. The molecule has 2 N–H and O–H groups in total. The second-order valence-electron chi connectivity index (χ2n) is 8.29. The van der Waals surface area contributed by atoms with E-state index in [4.69, 9.17) is 9.47 Å². The first-order chi connectivity index (χ1) is 12.3. The number of anilines is 1. The first kappa shape index (κ1) is 21.3. The van der Waals surface area contributed by atoms with Gasteiger partial charge in [0.25, 0.3) is 5.91 Å². The summed E-state index contributed by atoms with van der Waals surface area (Å²) in [5.74, 6) is -1.23. The van der Waals surface area contributed by atoms with Gasteiger partial charge in [0.05, 0.1) is 18.8 Å². The molecule has 150 valence electrons. The van der Waals surface area contributed by atoms with Crippen molar-refractivity contribution >= 4 is 17.7 Å². The first-order valence-electron chi connectivity index (χ1n) is 8.82. The highest BCUT2D eigenvalue weighted by Crippen LogP contribution is 2.29. The predicted molar refractivity (Wildman–Crippen MR) is 98.0 cm³/mol. The molecule has 1 aliphatic rings. The van der Waals surface area contributed by atoms with Crippen molar-refractivity contribution in [3.8, 4) is 0 Å². The highest BCUT2D eigenvalue weighted by Gasteiger charge is 2.52. The third-order valence-corrected chi connectivity index (χ3v) is 4.18. The first-order valence-corrected chi connectivity index (χ1v) is 8.82. The molecular formula is C19H28N2O6. The van der Waals surface area contributed by atoms with E-state index in [0.717, 1.165) is 0 Å². The summed E-state index contributed by atoms with van der Waals surface area (Å²) in [6.07, 6.45) is -1.79. The molecule has 0 aliphatic carbocycles. The molecule has 0 bridgehead atoms. The maximum Gasteiger partial charge on any atom is 0.339 e. The van der Waals surface area contributed by atoms with Gasteiger partial charge in [0, 0.05) is 0 Å². The van der Waals surface area contributed by atoms with E-state index in [1.165, 1.54) is 11.8 Å².